The molecule has 2 amide bonds. The Morgan fingerprint density at radius 1 is 1.35 bits per heavy atom. The highest BCUT2D eigenvalue weighted by molar-refractivity contribution is 7.44. The van der Waals surface area contributed by atoms with Crippen molar-refractivity contribution in [1.82, 2.24) is 29.1 Å². The molecule has 2 aromatic rings. The predicted molar refractivity (Wildman–Crippen MR) is 148 cm³/mol. The van der Waals surface area contributed by atoms with Crippen LogP contribution in [0.4, 0.5) is 5.95 Å². The molecule has 0 aliphatic carbocycles. The minimum absolute atomic E-state index is 0.0261. The molecule has 5 atom stereocenters. The summed E-state index contributed by atoms with van der Waals surface area (Å²) in [5, 5.41) is 2.60. The number of anilines is 1. The fourth-order valence-electron chi connectivity index (χ4n) is 4.97. The number of nitrogens with zero attached hydrogens (tertiary/aromatic N) is 6. The van der Waals surface area contributed by atoms with E-state index in [4.69, 9.17) is 21.7 Å². The van der Waals surface area contributed by atoms with Gasteiger partial charge in [0, 0.05) is 26.4 Å². The molecular formula is C25H37N8O6P. The molecule has 2 bridgehead atoms. The lowest BCUT2D eigenvalue weighted by Gasteiger charge is -2.37. The second kappa shape index (κ2) is 11.5. The highest BCUT2D eigenvalue weighted by atomic mass is 31.2. The molecule has 0 aromatic carbocycles. The number of aromatic amines is 1. The molecule has 2 saturated heterocycles. The lowest BCUT2D eigenvalue weighted by atomic mass is 10.0. The number of hydrogen-bond donors (Lipinski definition) is 2. The first kappa shape index (κ1) is 28.6. The summed E-state index contributed by atoms with van der Waals surface area (Å²) in [4.78, 5) is 54.6. The van der Waals surface area contributed by atoms with Gasteiger partial charge in [-0.1, -0.05) is 13.8 Å². The molecule has 0 spiro atoms. The molecule has 1 unspecified atom stereocenters. The van der Waals surface area contributed by atoms with Crippen LogP contribution in [-0.4, -0.2) is 90.9 Å². The van der Waals surface area contributed by atoms with E-state index in [1.54, 1.807) is 20.9 Å². The number of hydrogen-bond acceptors (Lipinski definition) is 9. The topological polar surface area (TPSA) is 148 Å². The van der Waals surface area contributed by atoms with Crippen molar-refractivity contribution in [3.05, 3.63) is 28.1 Å². The zero-order valence-electron chi connectivity index (χ0n) is 24.7. The van der Waals surface area contributed by atoms with E-state index in [0.29, 0.717) is 0 Å². The molecule has 2 fully saturated rings. The quantitative estimate of drug-likeness (QED) is 0.233. The first-order chi connectivity index (χ1) is 19.4. The van der Waals surface area contributed by atoms with Crippen molar-refractivity contribution in [2.75, 3.05) is 25.5 Å². The van der Waals surface area contributed by atoms with Gasteiger partial charge in [0.1, 0.15) is 18.8 Å². The number of ether oxygens (including phenoxy) is 1. The Hall–Kier alpha value is -2.95. The fourth-order valence-corrected chi connectivity index (χ4v) is 6.75. The van der Waals surface area contributed by atoms with Crippen LogP contribution in [0.5, 0.6) is 0 Å². The van der Waals surface area contributed by atoms with Crippen molar-refractivity contribution in [3.8, 4) is 0 Å². The van der Waals surface area contributed by atoms with Crippen molar-refractivity contribution in [3.63, 3.8) is 0 Å². The van der Waals surface area contributed by atoms with Crippen LogP contribution in [0.15, 0.2) is 11.1 Å². The second-order valence-corrected chi connectivity index (χ2v) is 12.1. The van der Waals surface area contributed by atoms with E-state index < -0.39 is 50.9 Å². The van der Waals surface area contributed by atoms with Crippen LogP contribution < -0.4 is 10.9 Å². The minimum atomic E-state index is -1.75. The highest BCUT2D eigenvalue weighted by Crippen LogP contribution is 2.56. The second-order valence-electron chi connectivity index (χ2n) is 10.7. The third-order valence-corrected chi connectivity index (χ3v) is 8.96. The van der Waals surface area contributed by atoms with Crippen LogP contribution in [0.2, 0.25) is 0 Å². The van der Waals surface area contributed by atoms with Gasteiger partial charge in [-0.15, -0.1) is 0 Å². The fraction of sp³-hybridized carbons (Fsp3) is 0.680. The Morgan fingerprint density at radius 3 is 2.65 bits per heavy atom. The molecule has 4 rings (SSSR count). The molecule has 2 aliphatic heterocycles. The predicted octanol–water partition coefficient (Wildman–Crippen LogP) is 2.51. The van der Waals surface area contributed by atoms with Crippen LogP contribution in [0.25, 0.3) is 16.0 Å². The van der Waals surface area contributed by atoms with Gasteiger partial charge in [-0.2, -0.15) is 4.98 Å². The van der Waals surface area contributed by atoms with Crippen LogP contribution >= 0.6 is 8.53 Å². The smallest absolute Gasteiger partial charge is 0.280 e. The van der Waals surface area contributed by atoms with E-state index in [1.165, 1.54) is 15.8 Å². The molecule has 40 heavy (non-hydrogen) atoms. The molecule has 0 radical (unpaired) electrons. The summed E-state index contributed by atoms with van der Waals surface area (Å²) in [5.74, 6) is -1.10. The number of imidazole rings is 1. The molecule has 218 valence electrons. The van der Waals surface area contributed by atoms with Crippen LogP contribution in [0.3, 0.4) is 0 Å². The number of morpholine rings is 1. The van der Waals surface area contributed by atoms with Crippen molar-refractivity contribution in [2.24, 2.45) is 5.92 Å². The van der Waals surface area contributed by atoms with Gasteiger partial charge in [-0.05, 0) is 34.6 Å². The summed E-state index contributed by atoms with van der Waals surface area (Å²) in [7, 11) is -0.128. The number of rotatable bonds is 11. The number of nitrogens with one attached hydrogen (secondary N) is 2. The van der Waals surface area contributed by atoms with E-state index in [9.17, 15) is 14.4 Å². The van der Waals surface area contributed by atoms with E-state index in [2.05, 4.69) is 25.1 Å². The van der Waals surface area contributed by atoms with E-state index >= 15 is 0 Å². The largest absolute Gasteiger partial charge is 0.337 e. The van der Waals surface area contributed by atoms with Gasteiger partial charge in [0.05, 0.1) is 6.33 Å². The number of amides is 2. The van der Waals surface area contributed by atoms with Gasteiger partial charge < -0.3 is 23.5 Å². The van der Waals surface area contributed by atoms with Crippen molar-refractivity contribution in [1.29, 1.82) is 0 Å². The third-order valence-electron chi connectivity index (χ3n) is 6.85. The Morgan fingerprint density at radius 2 is 2.05 bits per heavy atom. The molecule has 14 nitrogen and oxygen atoms in total. The zero-order chi connectivity index (χ0) is 30.2. The summed E-state index contributed by atoms with van der Waals surface area (Å²) < 4.78 is 31.0. The summed E-state index contributed by atoms with van der Waals surface area (Å²) in [6.07, 6.45) is -0.406. The number of fused-ring (bicyclic) bond motifs is 3. The molecule has 2 N–H and O–H groups in total. The highest BCUT2D eigenvalue weighted by Gasteiger charge is 2.68. The van der Waals surface area contributed by atoms with Gasteiger partial charge >= 0.3 is 0 Å². The first-order valence-corrected chi connectivity index (χ1v) is 14.2. The van der Waals surface area contributed by atoms with Gasteiger partial charge in [-0.3, -0.25) is 29.3 Å². The maximum absolute atomic E-state index is 13.5. The van der Waals surface area contributed by atoms with Gasteiger partial charge in [0.25, 0.3) is 20.0 Å². The van der Waals surface area contributed by atoms with Crippen LogP contribution in [0.1, 0.15) is 56.0 Å². The molecular weight excluding hydrogens is 539 g/mol. The number of carbonyl (C=O) groups excluding carboxylic acids is 2. The minimum Gasteiger partial charge on any atom is -0.337 e. The number of likely N-dealkylation sites (tertiary alicyclic amines) is 1. The van der Waals surface area contributed by atoms with Crippen molar-refractivity contribution in [2.45, 2.75) is 84.5 Å². The number of carbonyl (C=O) groups is 2. The Bertz CT molecular complexity index is 1380. The standard InChI is InChI=1S/C25H37N8O6P/c1-13(2)20(34)29-24-28-19-16(21(35)30-24)27-12-32(19)22-17-18(25(7,38-22)23(36)31(17)9)39-40(37-11-10-26-8)33(14(3)4)15(5)6/h12-15,17-18,22H,10-11H2,1-7,9H3,(H2,28,29,30,34,35)/t17-,18+,22-,25-,40?/m1/s1/i7D. The summed E-state index contributed by atoms with van der Waals surface area (Å²) in [6.45, 7) is 18.5. The van der Waals surface area contributed by atoms with Gasteiger partial charge in [0.2, 0.25) is 18.4 Å². The lowest BCUT2D eigenvalue weighted by molar-refractivity contribution is -0.170. The molecule has 4 heterocycles. The first-order valence-electron chi connectivity index (χ1n) is 13.8. The van der Waals surface area contributed by atoms with E-state index in [0.717, 1.165) is 0 Å². The Kier molecular flexibility index (Phi) is 8.22. The van der Waals surface area contributed by atoms with Gasteiger partial charge in [0.15, 0.2) is 23.0 Å². The Balaban J connectivity index is 1.75. The molecule has 2 aromatic heterocycles. The number of H-pyrrole nitrogens is 1. The summed E-state index contributed by atoms with van der Waals surface area (Å²) in [5.41, 5.74) is -2.02. The van der Waals surface area contributed by atoms with E-state index in [1.807, 2.05) is 32.4 Å². The number of likely N-dealkylation sites (N-methyl/N-ethyl adjacent to an activating group) is 1. The average molecular weight is 578 g/mol. The van der Waals surface area contributed by atoms with E-state index in [-0.39, 0.29) is 54.2 Å². The Labute approximate surface area is 235 Å². The maximum atomic E-state index is 13.5. The zero-order valence-corrected chi connectivity index (χ0v) is 24.6. The maximum Gasteiger partial charge on any atom is 0.280 e. The van der Waals surface area contributed by atoms with Crippen LogP contribution in [-0.2, 0) is 23.4 Å². The molecule has 2 aliphatic rings. The average Bonchev–Trinajstić information content (AvgIpc) is 3.52. The van der Waals surface area contributed by atoms with Gasteiger partial charge in [-0.25, -0.2) is 16.2 Å². The number of aromatic nitrogens is 4. The molecule has 15 heteroatoms. The van der Waals surface area contributed by atoms with Crippen molar-refractivity contribution >= 4 is 37.5 Å². The van der Waals surface area contributed by atoms with Crippen LogP contribution in [0, 0.1) is 12.5 Å². The SMILES string of the molecule is [2H]C[C@@]12O[C@@H](n3cnc4c(=O)[nH]c(NC(=O)C(C)C)nc43)[C@@H]([C@@H]1OP(OCC[N+]#[C-])N(C(C)C)C(C)C)N(C)C2=O. The van der Waals surface area contributed by atoms with Crippen molar-refractivity contribution < 1.29 is 24.7 Å². The summed E-state index contributed by atoms with van der Waals surface area (Å²) in [6, 6.07) is -0.660. The molecule has 0 saturated carbocycles. The lowest BCUT2D eigenvalue weighted by Crippen LogP contribution is -2.47. The third kappa shape index (κ3) is 5.24. The monoisotopic (exact) mass is 577 g/mol. The summed E-state index contributed by atoms with van der Waals surface area (Å²) >= 11 is 0. The normalized spacial score (nSPS) is 25.4.